The summed E-state index contributed by atoms with van der Waals surface area (Å²) in [6.45, 7) is 0.0914. The molecule has 1 saturated carbocycles. The smallest absolute Gasteiger partial charge is 0.337 e. The van der Waals surface area contributed by atoms with Crippen molar-refractivity contribution in [1.82, 2.24) is 4.31 Å². The summed E-state index contributed by atoms with van der Waals surface area (Å²) in [4.78, 5) is 11.8. The van der Waals surface area contributed by atoms with Gasteiger partial charge in [-0.3, -0.25) is 0 Å². The van der Waals surface area contributed by atoms with Crippen LogP contribution in [0.25, 0.3) is 0 Å². The van der Waals surface area contributed by atoms with E-state index in [0.717, 1.165) is 12.8 Å². The lowest BCUT2D eigenvalue weighted by Crippen LogP contribution is -2.48. The quantitative estimate of drug-likeness (QED) is 0.603. The second-order valence-electron chi connectivity index (χ2n) is 7.11. The molecule has 0 aromatic heterocycles. The fourth-order valence-electron chi connectivity index (χ4n) is 3.59. The number of sulfonamides is 1. The third-order valence-electron chi connectivity index (χ3n) is 5.20. The Morgan fingerprint density at radius 3 is 2.19 bits per heavy atom. The Morgan fingerprint density at radius 2 is 1.65 bits per heavy atom. The van der Waals surface area contributed by atoms with Crippen molar-refractivity contribution in [2.75, 3.05) is 7.11 Å². The first kappa shape index (κ1) is 27.8. The van der Waals surface area contributed by atoms with Crippen molar-refractivity contribution in [3.63, 3.8) is 0 Å². The van der Waals surface area contributed by atoms with Crippen molar-refractivity contribution in [3.8, 4) is 0 Å². The number of carbonyl (C=O) groups is 1. The van der Waals surface area contributed by atoms with Crippen molar-refractivity contribution < 1.29 is 23.1 Å². The number of hydrogen-bond acceptors (Lipinski definition) is 5. The third kappa shape index (κ3) is 6.63. The Labute approximate surface area is 202 Å². The van der Waals surface area contributed by atoms with Crippen LogP contribution in [-0.4, -0.2) is 43.1 Å². The number of nitrogens with zero attached hydrogens (tertiary/aromatic N) is 1. The van der Waals surface area contributed by atoms with Crippen LogP contribution < -0.4 is 0 Å². The van der Waals surface area contributed by atoms with Gasteiger partial charge in [0.25, 0.3) is 0 Å². The summed E-state index contributed by atoms with van der Waals surface area (Å²) >= 11 is 5.91. The molecule has 2 atom stereocenters. The lowest BCUT2D eigenvalue weighted by Gasteiger charge is -2.36. The summed E-state index contributed by atoms with van der Waals surface area (Å²) in [5, 5.41) is 11.0. The molecule has 1 N–H and O–H groups in total. The van der Waals surface area contributed by atoms with Crippen LogP contribution in [0.2, 0.25) is 5.02 Å². The minimum Gasteiger partial charge on any atom is -0.465 e. The summed E-state index contributed by atoms with van der Waals surface area (Å²) in [6, 6.07) is 12.1. The molecule has 6 nitrogen and oxygen atoms in total. The van der Waals surface area contributed by atoms with E-state index in [1.54, 1.807) is 24.3 Å². The van der Waals surface area contributed by atoms with Crippen LogP contribution >= 0.6 is 38.6 Å². The molecule has 0 aliphatic heterocycles. The molecule has 1 fully saturated rings. The zero-order chi connectivity index (χ0) is 21.0. The number of aliphatic hydroxyl groups excluding tert-OH is 1. The zero-order valence-corrected chi connectivity index (χ0v) is 20.7. The van der Waals surface area contributed by atoms with E-state index in [1.165, 1.54) is 35.7 Å². The zero-order valence-electron chi connectivity index (χ0n) is 17.1. The highest BCUT2D eigenvalue weighted by atomic mass is 35.5. The molecule has 0 heterocycles. The molecule has 3 rings (SSSR count). The molecule has 0 spiro atoms. The van der Waals surface area contributed by atoms with Gasteiger partial charge in [0.05, 0.1) is 29.7 Å². The number of methoxy groups -OCH3 is 1. The molecule has 31 heavy (non-hydrogen) atoms. The Morgan fingerprint density at radius 1 is 1.06 bits per heavy atom. The van der Waals surface area contributed by atoms with E-state index in [0.29, 0.717) is 29.0 Å². The van der Waals surface area contributed by atoms with Gasteiger partial charge in [-0.25, -0.2) is 13.2 Å². The monoisotopic (exact) mass is 505 g/mol. The normalized spacial score (nSPS) is 18.6. The van der Waals surface area contributed by atoms with Crippen molar-refractivity contribution >= 4 is 54.6 Å². The molecule has 2 aromatic rings. The Bertz CT molecular complexity index is 952. The highest BCUT2D eigenvalue weighted by Crippen LogP contribution is 2.30. The predicted octanol–water partition coefficient (Wildman–Crippen LogP) is 3.85. The maximum atomic E-state index is 13.4. The Balaban J connectivity index is 0.00000240. The fraction of sp³-hybridized carbons (Fsp3) is 0.381. The summed E-state index contributed by atoms with van der Waals surface area (Å²) in [5.41, 5.74) is 1.11. The number of rotatable bonds is 6. The molecule has 0 saturated heterocycles. The van der Waals surface area contributed by atoms with Gasteiger partial charge in [-0.05, 0) is 54.8 Å². The standard InChI is InChI=1S/C21H24ClNO5S.2H2S/c1-28-21(25)16-8-6-15(7-9-16)14-23(19-4-2-3-5-20(19)24)29(26,27)18-12-10-17(22)11-13-18;;/h6-13,19-20,24H,2-5,14H2,1H3;2*1H2/t19-,20-;;/m0../s1. The van der Waals surface area contributed by atoms with Crippen LogP contribution in [0, 0.1) is 0 Å². The van der Waals surface area contributed by atoms with Crippen LogP contribution in [-0.2, 0) is 21.3 Å². The van der Waals surface area contributed by atoms with Crippen molar-refractivity contribution in [1.29, 1.82) is 0 Å². The van der Waals surface area contributed by atoms with Gasteiger partial charge in [-0.2, -0.15) is 31.3 Å². The van der Waals surface area contributed by atoms with Gasteiger partial charge in [0, 0.05) is 11.6 Å². The van der Waals surface area contributed by atoms with Crippen LogP contribution in [0.3, 0.4) is 0 Å². The molecule has 10 heteroatoms. The third-order valence-corrected chi connectivity index (χ3v) is 7.33. The number of benzene rings is 2. The minimum atomic E-state index is -3.86. The first-order chi connectivity index (χ1) is 13.8. The molecular weight excluding hydrogens is 478 g/mol. The van der Waals surface area contributed by atoms with Crippen LogP contribution in [0.5, 0.6) is 0 Å². The van der Waals surface area contributed by atoms with E-state index in [2.05, 4.69) is 0 Å². The first-order valence-corrected chi connectivity index (χ1v) is 11.3. The highest BCUT2D eigenvalue weighted by molar-refractivity contribution is 7.89. The molecule has 172 valence electrons. The molecule has 1 aliphatic carbocycles. The Kier molecular flexibility index (Phi) is 10.9. The number of ether oxygens (including phenoxy) is 1. The molecule has 0 amide bonds. The average Bonchev–Trinajstić information content (AvgIpc) is 2.73. The van der Waals surface area contributed by atoms with Gasteiger partial charge < -0.3 is 9.84 Å². The molecule has 0 radical (unpaired) electrons. The molecule has 0 unspecified atom stereocenters. The number of hydrogen-bond donors (Lipinski definition) is 1. The van der Waals surface area contributed by atoms with Crippen LogP contribution in [0.15, 0.2) is 53.4 Å². The van der Waals surface area contributed by atoms with Gasteiger partial charge in [0.2, 0.25) is 10.0 Å². The number of aliphatic hydroxyl groups is 1. The second-order valence-corrected chi connectivity index (χ2v) is 9.44. The first-order valence-electron chi connectivity index (χ1n) is 9.45. The SMILES string of the molecule is COC(=O)c1ccc(CN([C@H]2CCCC[C@@H]2O)S(=O)(=O)c2ccc(Cl)cc2)cc1.S.S. The summed E-state index contributed by atoms with van der Waals surface area (Å²) < 4.78 is 32.9. The van der Waals surface area contributed by atoms with Gasteiger partial charge >= 0.3 is 5.97 Å². The maximum Gasteiger partial charge on any atom is 0.337 e. The summed E-state index contributed by atoms with van der Waals surface area (Å²) in [6.07, 6.45) is 2.17. The summed E-state index contributed by atoms with van der Waals surface area (Å²) in [7, 11) is -2.55. The van der Waals surface area contributed by atoms with Gasteiger partial charge in [-0.1, -0.05) is 36.6 Å². The van der Waals surface area contributed by atoms with Crippen molar-refractivity contribution in [2.45, 2.75) is 49.3 Å². The number of esters is 1. The van der Waals surface area contributed by atoms with E-state index in [1.807, 2.05) is 0 Å². The lowest BCUT2D eigenvalue weighted by molar-refractivity contribution is 0.0533. The largest absolute Gasteiger partial charge is 0.465 e. The van der Waals surface area contributed by atoms with Gasteiger partial charge in [-0.15, -0.1) is 0 Å². The van der Waals surface area contributed by atoms with E-state index < -0.39 is 28.1 Å². The minimum absolute atomic E-state index is 0. The fourth-order valence-corrected chi connectivity index (χ4v) is 5.39. The van der Waals surface area contributed by atoms with E-state index in [-0.39, 0.29) is 38.4 Å². The molecule has 2 aromatic carbocycles. The van der Waals surface area contributed by atoms with E-state index in [4.69, 9.17) is 16.3 Å². The summed E-state index contributed by atoms with van der Waals surface area (Å²) in [5.74, 6) is -0.454. The predicted molar refractivity (Wildman–Crippen MR) is 131 cm³/mol. The number of halogens is 1. The highest BCUT2D eigenvalue weighted by Gasteiger charge is 2.37. The topological polar surface area (TPSA) is 83.9 Å². The van der Waals surface area contributed by atoms with Crippen molar-refractivity contribution in [3.05, 3.63) is 64.7 Å². The van der Waals surface area contributed by atoms with Gasteiger partial charge in [0.15, 0.2) is 0 Å². The molecule has 0 bridgehead atoms. The number of carbonyl (C=O) groups excluding carboxylic acids is 1. The lowest BCUT2D eigenvalue weighted by atomic mass is 9.92. The molecular formula is C21H28ClNO5S3. The van der Waals surface area contributed by atoms with Crippen LogP contribution in [0.1, 0.15) is 41.6 Å². The average molecular weight is 506 g/mol. The Hall–Kier alpha value is -1.23. The second kappa shape index (κ2) is 12.1. The maximum absolute atomic E-state index is 13.4. The van der Waals surface area contributed by atoms with E-state index >= 15 is 0 Å². The molecule has 1 aliphatic rings. The van der Waals surface area contributed by atoms with Crippen molar-refractivity contribution in [2.24, 2.45) is 0 Å². The van der Waals surface area contributed by atoms with Gasteiger partial charge in [0.1, 0.15) is 0 Å². The van der Waals surface area contributed by atoms with Crippen LogP contribution in [0.4, 0.5) is 0 Å². The van der Waals surface area contributed by atoms with E-state index in [9.17, 15) is 18.3 Å².